The van der Waals surface area contributed by atoms with E-state index in [-0.39, 0.29) is 11.5 Å². The molecule has 40 heavy (non-hydrogen) atoms. The summed E-state index contributed by atoms with van der Waals surface area (Å²) in [6.07, 6.45) is 9.03. The Morgan fingerprint density at radius 2 is 1.55 bits per heavy atom. The van der Waals surface area contributed by atoms with Gasteiger partial charge in [-0.15, -0.1) is 0 Å². The molecule has 5 nitrogen and oxygen atoms in total. The summed E-state index contributed by atoms with van der Waals surface area (Å²) in [5, 5.41) is 31.0. The molecule has 5 aliphatic rings. The van der Waals surface area contributed by atoms with Gasteiger partial charge in [-0.1, -0.05) is 73.0 Å². The summed E-state index contributed by atoms with van der Waals surface area (Å²) >= 11 is 0. The number of fused-ring (bicyclic) bond motifs is 5. The molecule has 3 saturated carbocycles. The molecule has 1 aliphatic heterocycles. The van der Waals surface area contributed by atoms with Crippen LogP contribution in [0.2, 0.25) is 0 Å². The maximum absolute atomic E-state index is 10.6. The van der Waals surface area contributed by atoms with Crippen LogP contribution >= 0.6 is 0 Å². The summed E-state index contributed by atoms with van der Waals surface area (Å²) in [6.45, 7) is 19.0. The quantitative estimate of drug-likeness (QED) is 0.301. The minimum absolute atomic E-state index is 0.0129. The number of rotatable bonds is 7. The zero-order valence-corrected chi connectivity index (χ0v) is 26.7. The average molecular weight is 561 g/mol. The first kappa shape index (κ1) is 31.0. The molecule has 3 N–H and O–H groups in total. The van der Waals surface area contributed by atoms with E-state index in [0.717, 1.165) is 48.9 Å². The van der Waals surface area contributed by atoms with Gasteiger partial charge < -0.3 is 24.8 Å². The highest BCUT2D eigenvalue weighted by molar-refractivity contribution is 5.28. The van der Waals surface area contributed by atoms with Crippen LogP contribution in [-0.2, 0) is 9.47 Å². The van der Waals surface area contributed by atoms with Crippen LogP contribution < -0.4 is 0 Å². The molecule has 15 atom stereocenters. The van der Waals surface area contributed by atoms with Crippen LogP contribution in [0.1, 0.15) is 113 Å². The van der Waals surface area contributed by atoms with Crippen LogP contribution in [0.5, 0.6) is 0 Å². The van der Waals surface area contributed by atoms with Gasteiger partial charge in [0.15, 0.2) is 6.29 Å². The van der Waals surface area contributed by atoms with Gasteiger partial charge in [0.05, 0.1) is 12.2 Å². The van der Waals surface area contributed by atoms with E-state index in [1.54, 1.807) is 12.5 Å². The molecular weight excluding hydrogens is 500 g/mol. The largest absolute Gasteiger partial charge is 0.388 e. The average Bonchev–Trinajstić information content (AvgIpc) is 3.27. The number of aliphatic hydroxyl groups excluding tert-OH is 3. The fourth-order valence-corrected chi connectivity index (χ4v) is 10.5. The summed E-state index contributed by atoms with van der Waals surface area (Å²) < 4.78 is 12.2. The fraction of sp³-hybridized carbons (Fsp3) is 0.943. The SMILES string of the molecule is CC(C)C(C)CCC(C)C1CCC2C3=CCC4C(C)C(OC5OC(C)C(O)C(O)C5O)CCC4(C)C3CCC21C. The molecule has 0 radical (unpaired) electrons. The highest BCUT2D eigenvalue weighted by atomic mass is 16.7. The van der Waals surface area contributed by atoms with Gasteiger partial charge in [-0.25, -0.2) is 0 Å². The van der Waals surface area contributed by atoms with Gasteiger partial charge in [-0.05, 0) is 110 Å². The Bertz CT molecular complexity index is 917. The maximum Gasteiger partial charge on any atom is 0.186 e. The van der Waals surface area contributed by atoms with Gasteiger partial charge in [0.1, 0.15) is 18.3 Å². The lowest BCUT2D eigenvalue weighted by Gasteiger charge is -2.60. The molecule has 0 amide bonds. The lowest BCUT2D eigenvalue weighted by Crippen LogP contribution is -2.59. The van der Waals surface area contributed by atoms with Crippen molar-refractivity contribution in [2.75, 3.05) is 0 Å². The van der Waals surface area contributed by atoms with Crippen LogP contribution in [0.15, 0.2) is 11.6 Å². The Labute approximate surface area is 244 Å². The van der Waals surface area contributed by atoms with Gasteiger partial charge in [0, 0.05) is 0 Å². The van der Waals surface area contributed by atoms with Crippen molar-refractivity contribution < 1.29 is 24.8 Å². The molecule has 5 heteroatoms. The van der Waals surface area contributed by atoms with Crippen LogP contribution in [0, 0.1) is 58.2 Å². The molecule has 0 aromatic heterocycles. The van der Waals surface area contributed by atoms with E-state index in [9.17, 15) is 15.3 Å². The van der Waals surface area contributed by atoms with Gasteiger partial charge in [-0.2, -0.15) is 0 Å². The number of aliphatic hydroxyl groups is 3. The van der Waals surface area contributed by atoms with Crippen molar-refractivity contribution in [1.82, 2.24) is 0 Å². The van der Waals surface area contributed by atoms with Crippen LogP contribution in [0.25, 0.3) is 0 Å². The molecule has 4 aliphatic carbocycles. The normalized spacial score (nSPS) is 50.5. The van der Waals surface area contributed by atoms with Gasteiger partial charge in [-0.3, -0.25) is 0 Å². The first-order valence-electron chi connectivity index (χ1n) is 16.8. The topological polar surface area (TPSA) is 79.2 Å². The number of hydrogen-bond acceptors (Lipinski definition) is 5. The Morgan fingerprint density at radius 3 is 2.25 bits per heavy atom. The zero-order chi connectivity index (χ0) is 29.1. The van der Waals surface area contributed by atoms with E-state index >= 15 is 0 Å². The Morgan fingerprint density at radius 1 is 0.875 bits per heavy atom. The molecule has 1 heterocycles. The molecule has 0 aromatic carbocycles. The second-order valence-corrected chi connectivity index (χ2v) is 15.9. The van der Waals surface area contributed by atoms with Crippen LogP contribution in [0.4, 0.5) is 0 Å². The summed E-state index contributed by atoms with van der Waals surface area (Å²) in [4.78, 5) is 0. The van der Waals surface area contributed by atoms with E-state index in [2.05, 4.69) is 54.5 Å². The highest BCUT2D eigenvalue weighted by Gasteiger charge is 2.59. The molecule has 15 unspecified atom stereocenters. The van der Waals surface area contributed by atoms with E-state index in [0.29, 0.717) is 23.2 Å². The monoisotopic (exact) mass is 560 g/mol. The van der Waals surface area contributed by atoms with Gasteiger partial charge in [0.2, 0.25) is 0 Å². The van der Waals surface area contributed by atoms with Crippen LogP contribution in [-0.4, -0.2) is 52.1 Å². The Kier molecular flexibility index (Phi) is 8.95. The maximum atomic E-state index is 10.6. The lowest BCUT2D eigenvalue weighted by atomic mass is 9.46. The van der Waals surface area contributed by atoms with Gasteiger partial charge >= 0.3 is 0 Å². The van der Waals surface area contributed by atoms with E-state index < -0.39 is 30.7 Å². The van der Waals surface area contributed by atoms with Crippen molar-refractivity contribution in [2.24, 2.45) is 58.2 Å². The molecule has 4 fully saturated rings. The molecule has 230 valence electrons. The Balaban J connectivity index is 1.27. The third-order valence-electron chi connectivity index (χ3n) is 13.6. The minimum atomic E-state index is -1.24. The lowest BCUT2D eigenvalue weighted by molar-refractivity contribution is -0.313. The second-order valence-electron chi connectivity index (χ2n) is 15.9. The van der Waals surface area contributed by atoms with Crippen molar-refractivity contribution in [2.45, 2.75) is 150 Å². The van der Waals surface area contributed by atoms with E-state index in [1.165, 1.54) is 38.5 Å². The van der Waals surface area contributed by atoms with Crippen molar-refractivity contribution in [3.05, 3.63) is 11.6 Å². The third kappa shape index (κ3) is 5.16. The first-order chi connectivity index (χ1) is 18.8. The summed E-state index contributed by atoms with van der Waals surface area (Å²) in [5.41, 5.74) is 2.55. The predicted molar refractivity (Wildman–Crippen MR) is 159 cm³/mol. The van der Waals surface area contributed by atoms with Crippen molar-refractivity contribution in [1.29, 1.82) is 0 Å². The third-order valence-corrected chi connectivity index (χ3v) is 13.6. The highest BCUT2D eigenvalue weighted by Crippen LogP contribution is 2.67. The summed E-state index contributed by atoms with van der Waals surface area (Å²) in [5.74, 6) is 5.58. The molecule has 0 aromatic rings. The summed E-state index contributed by atoms with van der Waals surface area (Å²) in [6, 6.07) is 0. The van der Waals surface area contributed by atoms with Crippen molar-refractivity contribution in [3.63, 3.8) is 0 Å². The molecule has 1 saturated heterocycles. The molecular formula is C35H60O5. The minimum Gasteiger partial charge on any atom is -0.388 e. The van der Waals surface area contributed by atoms with E-state index in [4.69, 9.17) is 9.47 Å². The number of allylic oxidation sites excluding steroid dienone is 2. The molecule has 0 bridgehead atoms. The number of hydrogen-bond donors (Lipinski definition) is 3. The van der Waals surface area contributed by atoms with Crippen molar-refractivity contribution in [3.8, 4) is 0 Å². The van der Waals surface area contributed by atoms with Crippen molar-refractivity contribution >= 4 is 0 Å². The number of ether oxygens (including phenoxy) is 2. The van der Waals surface area contributed by atoms with Crippen LogP contribution in [0.3, 0.4) is 0 Å². The van der Waals surface area contributed by atoms with E-state index in [1.807, 2.05) is 0 Å². The zero-order valence-electron chi connectivity index (χ0n) is 26.7. The smallest absolute Gasteiger partial charge is 0.186 e. The standard InChI is InChI=1S/C35H60O5/c1-19(2)20(3)9-10-21(4)25-13-14-27-24-11-12-26-22(5)29(40-33-32(38)31(37)30(36)23(6)39-33)16-18-35(26,8)28(24)15-17-34(25,27)7/h11,19-23,25-33,36-38H,9-10,12-18H2,1-8H3. The molecule has 0 spiro atoms. The first-order valence-corrected chi connectivity index (χ1v) is 16.8. The second kappa shape index (κ2) is 11.6. The summed E-state index contributed by atoms with van der Waals surface area (Å²) in [7, 11) is 0. The fourth-order valence-electron chi connectivity index (χ4n) is 10.5. The molecule has 5 rings (SSSR count). The Hall–Kier alpha value is -0.460. The predicted octanol–water partition coefficient (Wildman–Crippen LogP) is 6.73. The van der Waals surface area contributed by atoms with Gasteiger partial charge in [0.25, 0.3) is 0 Å².